The smallest absolute Gasteiger partial charge is 0.230 e. The summed E-state index contributed by atoms with van der Waals surface area (Å²) in [5.41, 5.74) is 2.22. The van der Waals surface area contributed by atoms with Gasteiger partial charge in [0.05, 0.1) is 5.41 Å². The Hall–Kier alpha value is -1.61. The van der Waals surface area contributed by atoms with E-state index in [9.17, 15) is 4.79 Å². The Morgan fingerprint density at radius 1 is 1.13 bits per heavy atom. The van der Waals surface area contributed by atoms with E-state index in [0.29, 0.717) is 13.2 Å². The fourth-order valence-corrected chi connectivity index (χ4v) is 3.76. The average molecular weight is 313 g/mol. The van der Waals surface area contributed by atoms with E-state index in [1.54, 1.807) is 0 Å². The van der Waals surface area contributed by atoms with Crippen molar-refractivity contribution in [2.75, 3.05) is 19.8 Å². The third kappa shape index (κ3) is 3.84. The van der Waals surface area contributed by atoms with Gasteiger partial charge < -0.3 is 10.1 Å². The molecule has 1 amide bonds. The first-order valence-electron chi connectivity index (χ1n) is 8.91. The van der Waals surface area contributed by atoms with Gasteiger partial charge in [0.25, 0.3) is 0 Å². The molecule has 1 aromatic rings. The highest BCUT2D eigenvalue weighted by Gasteiger charge is 2.41. The van der Waals surface area contributed by atoms with Crippen molar-refractivity contribution in [1.82, 2.24) is 5.32 Å². The van der Waals surface area contributed by atoms with Gasteiger partial charge in [-0.05, 0) is 50.5 Å². The molecule has 1 saturated heterocycles. The molecule has 0 radical (unpaired) electrons. The minimum Gasteiger partial charge on any atom is -0.381 e. The van der Waals surface area contributed by atoms with Crippen molar-refractivity contribution < 1.29 is 9.53 Å². The molecular weight excluding hydrogens is 286 g/mol. The molecule has 0 bridgehead atoms. The molecule has 2 aliphatic rings. The Bertz CT molecular complexity index is 544. The largest absolute Gasteiger partial charge is 0.381 e. The number of benzene rings is 1. The SMILES string of the molecule is O=C(NCCC1=CCCCC1)C1(c2ccccc2)CCOCC1. The van der Waals surface area contributed by atoms with E-state index < -0.39 is 5.41 Å². The van der Waals surface area contributed by atoms with Gasteiger partial charge in [0.1, 0.15) is 0 Å². The lowest BCUT2D eigenvalue weighted by molar-refractivity contribution is -0.130. The molecule has 3 heteroatoms. The highest BCUT2D eigenvalue weighted by molar-refractivity contribution is 5.88. The van der Waals surface area contributed by atoms with Crippen LogP contribution in [0.1, 0.15) is 50.5 Å². The van der Waals surface area contributed by atoms with Crippen LogP contribution < -0.4 is 5.32 Å². The van der Waals surface area contributed by atoms with Crippen molar-refractivity contribution in [3.8, 4) is 0 Å². The van der Waals surface area contributed by atoms with Crippen molar-refractivity contribution in [2.24, 2.45) is 0 Å². The molecule has 1 aromatic carbocycles. The lowest BCUT2D eigenvalue weighted by atomic mass is 9.73. The number of nitrogens with one attached hydrogen (secondary N) is 1. The van der Waals surface area contributed by atoms with Gasteiger partial charge in [-0.15, -0.1) is 0 Å². The second-order valence-electron chi connectivity index (χ2n) is 6.67. The molecule has 3 nitrogen and oxygen atoms in total. The molecule has 1 aliphatic carbocycles. The molecule has 23 heavy (non-hydrogen) atoms. The standard InChI is InChI=1S/C20H27NO2/c22-19(21-14-11-17-7-3-1-4-8-17)20(12-15-23-16-13-20)18-9-5-2-6-10-18/h2,5-7,9-10H,1,3-4,8,11-16H2,(H,21,22). The fourth-order valence-electron chi connectivity index (χ4n) is 3.76. The van der Waals surface area contributed by atoms with Gasteiger partial charge in [0, 0.05) is 19.8 Å². The minimum absolute atomic E-state index is 0.170. The number of rotatable bonds is 5. The molecule has 3 rings (SSSR count). The number of hydrogen-bond donors (Lipinski definition) is 1. The van der Waals surface area contributed by atoms with Crippen LogP contribution >= 0.6 is 0 Å². The summed E-state index contributed by atoms with van der Waals surface area (Å²) >= 11 is 0. The molecule has 1 N–H and O–H groups in total. The van der Waals surface area contributed by atoms with Gasteiger partial charge in [0.15, 0.2) is 0 Å². The third-order valence-corrected chi connectivity index (χ3v) is 5.22. The van der Waals surface area contributed by atoms with Crippen LogP contribution in [0.4, 0.5) is 0 Å². The number of allylic oxidation sites excluding steroid dienone is 1. The summed E-state index contributed by atoms with van der Waals surface area (Å²) in [5, 5.41) is 3.20. The predicted molar refractivity (Wildman–Crippen MR) is 92.4 cm³/mol. The minimum atomic E-state index is -0.416. The van der Waals surface area contributed by atoms with E-state index in [1.165, 1.54) is 31.3 Å². The predicted octanol–water partition coefficient (Wildman–Crippen LogP) is 3.74. The Balaban J connectivity index is 1.65. The lowest BCUT2D eigenvalue weighted by Gasteiger charge is -2.36. The number of amides is 1. The van der Waals surface area contributed by atoms with Crippen molar-refractivity contribution in [2.45, 2.75) is 50.4 Å². The average Bonchev–Trinajstić information content (AvgIpc) is 2.64. The third-order valence-electron chi connectivity index (χ3n) is 5.22. The van der Waals surface area contributed by atoms with E-state index in [-0.39, 0.29) is 5.91 Å². The molecule has 1 fully saturated rings. The van der Waals surface area contributed by atoms with Crippen LogP contribution in [-0.4, -0.2) is 25.7 Å². The summed E-state index contributed by atoms with van der Waals surface area (Å²) in [6.45, 7) is 2.07. The first-order valence-corrected chi connectivity index (χ1v) is 8.91. The van der Waals surface area contributed by atoms with E-state index in [4.69, 9.17) is 4.74 Å². The fraction of sp³-hybridized carbons (Fsp3) is 0.550. The number of carbonyl (C=O) groups is 1. The second-order valence-corrected chi connectivity index (χ2v) is 6.67. The normalized spacial score (nSPS) is 20.6. The number of ether oxygens (including phenoxy) is 1. The van der Waals surface area contributed by atoms with Crippen molar-refractivity contribution in [1.29, 1.82) is 0 Å². The molecule has 0 unspecified atom stereocenters. The van der Waals surface area contributed by atoms with Gasteiger partial charge >= 0.3 is 0 Å². The van der Waals surface area contributed by atoms with E-state index in [2.05, 4.69) is 23.5 Å². The Morgan fingerprint density at radius 2 is 1.91 bits per heavy atom. The highest BCUT2D eigenvalue weighted by Crippen LogP contribution is 2.35. The Labute approximate surface area is 139 Å². The van der Waals surface area contributed by atoms with Gasteiger partial charge in [-0.3, -0.25) is 4.79 Å². The van der Waals surface area contributed by atoms with E-state index in [1.807, 2.05) is 18.2 Å². The lowest BCUT2D eigenvalue weighted by Crippen LogP contribution is -2.48. The summed E-state index contributed by atoms with van der Waals surface area (Å²) in [6.07, 6.45) is 9.90. The van der Waals surface area contributed by atoms with Crippen LogP contribution in [-0.2, 0) is 14.9 Å². The summed E-state index contributed by atoms with van der Waals surface area (Å²) < 4.78 is 5.51. The van der Waals surface area contributed by atoms with Crippen molar-refractivity contribution in [3.05, 3.63) is 47.5 Å². The quantitative estimate of drug-likeness (QED) is 0.841. The van der Waals surface area contributed by atoms with Crippen molar-refractivity contribution in [3.63, 3.8) is 0 Å². The van der Waals surface area contributed by atoms with Crippen LogP contribution in [0.25, 0.3) is 0 Å². The summed E-state index contributed by atoms with van der Waals surface area (Å²) in [5.74, 6) is 0.170. The van der Waals surface area contributed by atoms with E-state index in [0.717, 1.165) is 31.4 Å². The topological polar surface area (TPSA) is 38.3 Å². The van der Waals surface area contributed by atoms with Gasteiger partial charge in [-0.2, -0.15) is 0 Å². The zero-order chi connectivity index (χ0) is 16.0. The molecule has 0 saturated carbocycles. The van der Waals surface area contributed by atoms with E-state index >= 15 is 0 Å². The second kappa shape index (κ2) is 7.78. The molecule has 0 aromatic heterocycles. The Morgan fingerprint density at radius 3 is 2.61 bits per heavy atom. The van der Waals surface area contributed by atoms with Crippen molar-refractivity contribution >= 4 is 5.91 Å². The molecular formula is C20H27NO2. The molecule has 1 heterocycles. The first kappa shape index (κ1) is 16.3. The maximum Gasteiger partial charge on any atom is 0.230 e. The van der Waals surface area contributed by atoms with Crippen LogP contribution in [0, 0.1) is 0 Å². The zero-order valence-corrected chi connectivity index (χ0v) is 13.9. The van der Waals surface area contributed by atoms with Gasteiger partial charge in [-0.1, -0.05) is 42.0 Å². The maximum atomic E-state index is 13.0. The molecule has 124 valence electrons. The van der Waals surface area contributed by atoms with Gasteiger partial charge in [0.2, 0.25) is 5.91 Å². The Kier molecular flexibility index (Phi) is 5.50. The monoisotopic (exact) mass is 313 g/mol. The summed E-state index contributed by atoms with van der Waals surface area (Å²) in [4.78, 5) is 13.0. The van der Waals surface area contributed by atoms with Gasteiger partial charge in [-0.25, -0.2) is 0 Å². The first-order chi connectivity index (χ1) is 11.3. The summed E-state index contributed by atoms with van der Waals surface area (Å²) in [7, 11) is 0. The number of carbonyl (C=O) groups excluding carboxylic acids is 1. The van der Waals surface area contributed by atoms with Crippen LogP contribution in [0.15, 0.2) is 42.0 Å². The molecule has 1 aliphatic heterocycles. The van der Waals surface area contributed by atoms with Crippen LogP contribution in [0.2, 0.25) is 0 Å². The molecule has 0 atom stereocenters. The zero-order valence-electron chi connectivity index (χ0n) is 13.9. The van der Waals surface area contributed by atoms with Crippen LogP contribution in [0.3, 0.4) is 0 Å². The highest BCUT2D eigenvalue weighted by atomic mass is 16.5. The number of hydrogen-bond acceptors (Lipinski definition) is 2. The maximum absolute atomic E-state index is 13.0. The van der Waals surface area contributed by atoms with Crippen LogP contribution in [0.5, 0.6) is 0 Å². The summed E-state index contributed by atoms with van der Waals surface area (Å²) in [6, 6.07) is 10.2. The molecule has 0 spiro atoms.